The Morgan fingerprint density at radius 1 is 1.26 bits per heavy atom. The third kappa shape index (κ3) is 4.56. The minimum Gasteiger partial charge on any atom is -0.381 e. The number of carbonyl (C=O) groups is 1. The molecule has 4 heterocycles. The maximum atomic E-state index is 13.1. The minimum absolute atomic E-state index is 0.00237. The first kappa shape index (κ1) is 19.8. The second kappa shape index (κ2) is 8.87. The molecule has 0 saturated carbocycles. The highest BCUT2D eigenvalue weighted by atomic mass is 35.5. The van der Waals surface area contributed by atoms with Gasteiger partial charge in [0.15, 0.2) is 0 Å². The number of ether oxygens (including phenoxy) is 2. The van der Waals surface area contributed by atoms with Gasteiger partial charge in [-0.05, 0) is 25.8 Å². The van der Waals surface area contributed by atoms with Gasteiger partial charge in [0.1, 0.15) is 0 Å². The molecular weight excluding hydrogens is 372 g/mol. The molecule has 6 unspecified atom stereocenters. The summed E-state index contributed by atoms with van der Waals surface area (Å²) in [5, 5.41) is 11.8. The molecule has 6 N–H and O–H groups in total. The molecule has 0 aromatic carbocycles. The van der Waals surface area contributed by atoms with Crippen molar-refractivity contribution in [1.29, 1.82) is 0 Å². The quantitative estimate of drug-likeness (QED) is 0.353. The number of carbonyl (C=O) groups excluding carboxylic acids is 1. The normalized spacial score (nSPS) is 41.3. The van der Waals surface area contributed by atoms with Crippen molar-refractivity contribution >= 4 is 17.5 Å². The predicted octanol–water partition coefficient (Wildman–Crippen LogP) is -1.71. The molecule has 10 heteroatoms. The Morgan fingerprint density at radius 3 is 2.89 bits per heavy atom. The van der Waals surface area contributed by atoms with Gasteiger partial charge in [0, 0.05) is 32.8 Å². The number of nitrogens with one attached hydrogen (secondary N) is 4. The van der Waals surface area contributed by atoms with Crippen LogP contribution in [0.4, 0.5) is 0 Å². The molecule has 4 fully saturated rings. The lowest BCUT2D eigenvalue weighted by Crippen LogP contribution is -2.61. The maximum absolute atomic E-state index is 13.1. The van der Waals surface area contributed by atoms with Crippen molar-refractivity contribution in [1.82, 2.24) is 26.4 Å². The highest BCUT2D eigenvalue weighted by Gasteiger charge is 2.47. The fourth-order valence-electron chi connectivity index (χ4n) is 4.46. The van der Waals surface area contributed by atoms with Crippen LogP contribution in [0.15, 0.2) is 0 Å². The van der Waals surface area contributed by atoms with E-state index >= 15 is 0 Å². The van der Waals surface area contributed by atoms with Gasteiger partial charge in [0.2, 0.25) is 5.91 Å². The molecule has 154 valence electrons. The molecule has 0 aromatic heterocycles. The standard InChI is InChI=1S/C17H31ClN6O3/c18-10-7-21-16-14(15(19)23-24(16)9-10)17(25)22-12-8-20-4-1-13(12)27-11-2-5-26-6-3-11/h10-16,20-21,23H,1-9,19H2,(H,22,25). The van der Waals surface area contributed by atoms with Crippen LogP contribution in [-0.2, 0) is 14.3 Å². The monoisotopic (exact) mass is 402 g/mol. The Hall–Kier alpha value is -0.520. The van der Waals surface area contributed by atoms with Crippen LogP contribution < -0.4 is 27.1 Å². The Balaban J connectivity index is 1.36. The van der Waals surface area contributed by atoms with Gasteiger partial charge in [-0.25, -0.2) is 10.4 Å². The lowest BCUT2D eigenvalue weighted by molar-refractivity contribution is -0.131. The van der Waals surface area contributed by atoms with Crippen LogP contribution in [0.25, 0.3) is 0 Å². The van der Waals surface area contributed by atoms with Crippen LogP contribution >= 0.6 is 11.6 Å². The van der Waals surface area contributed by atoms with E-state index in [0.29, 0.717) is 19.6 Å². The van der Waals surface area contributed by atoms with Gasteiger partial charge in [-0.3, -0.25) is 10.1 Å². The van der Waals surface area contributed by atoms with Crippen LogP contribution in [-0.4, -0.2) is 86.3 Å². The molecule has 1 amide bonds. The van der Waals surface area contributed by atoms with Crippen molar-refractivity contribution in [2.75, 3.05) is 39.4 Å². The molecule has 0 spiro atoms. The first-order valence-corrected chi connectivity index (χ1v) is 10.5. The van der Waals surface area contributed by atoms with E-state index in [2.05, 4.69) is 21.4 Å². The molecule has 27 heavy (non-hydrogen) atoms. The number of nitrogens with zero attached hydrogens (tertiary/aromatic N) is 1. The number of amides is 1. The van der Waals surface area contributed by atoms with Crippen molar-refractivity contribution < 1.29 is 14.3 Å². The van der Waals surface area contributed by atoms with Gasteiger partial charge in [-0.15, -0.1) is 11.6 Å². The van der Waals surface area contributed by atoms with E-state index in [0.717, 1.165) is 39.0 Å². The van der Waals surface area contributed by atoms with Gasteiger partial charge in [-0.1, -0.05) is 0 Å². The fraction of sp³-hybridized carbons (Fsp3) is 0.941. The minimum atomic E-state index is -0.434. The second-order valence-corrected chi connectivity index (χ2v) is 8.49. The second-order valence-electron chi connectivity index (χ2n) is 7.88. The first-order valence-electron chi connectivity index (χ1n) is 10.0. The molecule has 4 saturated heterocycles. The summed E-state index contributed by atoms with van der Waals surface area (Å²) in [6, 6.07) is -0.0558. The van der Waals surface area contributed by atoms with Crippen molar-refractivity contribution in [3.8, 4) is 0 Å². The van der Waals surface area contributed by atoms with Gasteiger partial charge in [0.25, 0.3) is 0 Å². The zero-order chi connectivity index (χ0) is 18.8. The maximum Gasteiger partial charge on any atom is 0.229 e. The smallest absolute Gasteiger partial charge is 0.229 e. The molecule has 0 aromatic rings. The molecule has 0 aliphatic carbocycles. The van der Waals surface area contributed by atoms with E-state index in [1.54, 1.807) is 0 Å². The molecule has 0 bridgehead atoms. The summed E-state index contributed by atoms with van der Waals surface area (Å²) < 4.78 is 11.7. The summed E-state index contributed by atoms with van der Waals surface area (Å²) in [5.74, 6) is -0.419. The number of hydrazine groups is 1. The summed E-state index contributed by atoms with van der Waals surface area (Å²) in [6.45, 7) is 4.44. The Morgan fingerprint density at radius 2 is 2.07 bits per heavy atom. The molecule has 0 radical (unpaired) electrons. The van der Waals surface area contributed by atoms with Gasteiger partial charge >= 0.3 is 0 Å². The summed E-state index contributed by atoms with van der Waals surface area (Å²) in [5.41, 5.74) is 9.39. The number of fused-ring (bicyclic) bond motifs is 1. The van der Waals surface area contributed by atoms with Crippen molar-refractivity contribution in [3.63, 3.8) is 0 Å². The van der Waals surface area contributed by atoms with Gasteiger partial charge in [-0.2, -0.15) is 0 Å². The Kier molecular flexibility index (Phi) is 6.50. The largest absolute Gasteiger partial charge is 0.381 e. The van der Waals surface area contributed by atoms with Crippen molar-refractivity contribution in [2.45, 2.75) is 55.2 Å². The van der Waals surface area contributed by atoms with Crippen LogP contribution in [0.1, 0.15) is 19.3 Å². The average Bonchev–Trinajstić information content (AvgIpc) is 2.99. The number of hydrogen-bond donors (Lipinski definition) is 5. The number of nitrogens with two attached hydrogens (primary N) is 1. The SMILES string of the molecule is NC1NN2CC(Cl)CNC2C1C(=O)NC1CNCCC1OC1CCOCC1. The molecule has 4 rings (SSSR count). The highest BCUT2D eigenvalue weighted by molar-refractivity contribution is 6.21. The number of piperidine rings is 1. The molecule has 4 aliphatic rings. The van der Waals surface area contributed by atoms with E-state index in [-0.39, 0.29) is 41.6 Å². The van der Waals surface area contributed by atoms with E-state index < -0.39 is 6.17 Å². The summed E-state index contributed by atoms with van der Waals surface area (Å²) >= 11 is 6.21. The van der Waals surface area contributed by atoms with E-state index in [4.69, 9.17) is 26.8 Å². The first-order chi connectivity index (χ1) is 13.1. The van der Waals surface area contributed by atoms with Crippen LogP contribution in [0.3, 0.4) is 0 Å². The average molecular weight is 403 g/mol. The van der Waals surface area contributed by atoms with Crippen LogP contribution in [0, 0.1) is 5.92 Å². The molecule has 9 nitrogen and oxygen atoms in total. The number of halogens is 1. The van der Waals surface area contributed by atoms with E-state index in [9.17, 15) is 4.79 Å². The number of rotatable bonds is 4. The highest BCUT2D eigenvalue weighted by Crippen LogP contribution is 2.24. The topological polar surface area (TPSA) is 113 Å². The Bertz CT molecular complexity index is 523. The van der Waals surface area contributed by atoms with Crippen molar-refractivity contribution in [3.05, 3.63) is 0 Å². The lowest BCUT2D eigenvalue weighted by Gasteiger charge is -2.38. The summed E-state index contributed by atoms with van der Waals surface area (Å²) in [6.07, 6.45) is 2.39. The molecule has 6 atom stereocenters. The van der Waals surface area contributed by atoms with E-state index in [1.165, 1.54) is 0 Å². The summed E-state index contributed by atoms with van der Waals surface area (Å²) in [4.78, 5) is 13.1. The molecular formula is C17H31ClN6O3. The predicted molar refractivity (Wildman–Crippen MR) is 101 cm³/mol. The van der Waals surface area contributed by atoms with Crippen molar-refractivity contribution in [2.24, 2.45) is 11.7 Å². The third-order valence-corrected chi connectivity index (χ3v) is 6.20. The van der Waals surface area contributed by atoms with Crippen LogP contribution in [0.2, 0.25) is 0 Å². The third-order valence-electron chi connectivity index (χ3n) is 5.91. The van der Waals surface area contributed by atoms with Gasteiger partial charge in [0.05, 0.1) is 41.9 Å². The number of alkyl halides is 1. The molecule has 4 aliphatic heterocycles. The lowest BCUT2D eigenvalue weighted by atomic mass is 9.98. The number of hydrogen-bond acceptors (Lipinski definition) is 8. The van der Waals surface area contributed by atoms with Gasteiger partial charge < -0.3 is 25.8 Å². The zero-order valence-corrected chi connectivity index (χ0v) is 16.3. The fourth-order valence-corrected chi connectivity index (χ4v) is 4.70. The zero-order valence-electron chi connectivity index (χ0n) is 15.5. The van der Waals surface area contributed by atoms with E-state index in [1.807, 2.05) is 5.01 Å². The Labute approximate surface area is 165 Å². The van der Waals surface area contributed by atoms with Crippen LogP contribution in [0.5, 0.6) is 0 Å². The summed E-state index contributed by atoms with van der Waals surface area (Å²) in [7, 11) is 0.